The van der Waals surface area contributed by atoms with Crippen LogP contribution in [0.4, 0.5) is 8.78 Å². The van der Waals surface area contributed by atoms with Gasteiger partial charge in [0.15, 0.2) is 5.82 Å². The summed E-state index contributed by atoms with van der Waals surface area (Å²) in [6.07, 6.45) is 6.71. The highest BCUT2D eigenvalue weighted by atomic mass is 35.5. The Hall–Kier alpha value is -3.85. The van der Waals surface area contributed by atoms with E-state index in [0.29, 0.717) is 34.4 Å². The van der Waals surface area contributed by atoms with Gasteiger partial charge in [-0.05, 0) is 37.8 Å². The van der Waals surface area contributed by atoms with E-state index in [2.05, 4.69) is 21.5 Å². The van der Waals surface area contributed by atoms with Crippen molar-refractivity contribution in [3.63, 3.8) is 0 Å². The zero-order valence-corrected chi connectivity index (χ0v) is 18.6. The minimum absolute atomic E-state index is 0.0489. The number of allylic oxidation sites excluding steroid dienone is 1. The third-order valence-corrected chi connectivity index (χ3v) is 4.96. The summed E-state index contributed by atoms with van der Waals surface area (Å²) in [5.74, 6) is -1.62. The van der Waals surface area contributed by atoms with Gasteiger partial charge in [-0.3, -0.25) is 24.3 Å². The Labute approximate surface area is 193 Å². The van der Waals surface area contributed by atoms with E-state index in [9.17, 15) is 13.6 Å². The highest BCUT2D eigenvalue weighted by Crippen LogP contribution is 2.26. The van der Waals surface area contributed by atoms with Gasteiger partial charge in [0, 0.05) is 30.2 Å². The van der Waals surface area contributed by atoms with Crippen LogP contribution in [0.5, 0.6) is 5.75 Å². The molecule has 3 rings (SSSR count). The van der Waals surface area contributed by atoms with Crippen molar-refractivity contribution in [1.29, 1.82) is 0 Å². The summed E-state index contributed by atoms with van der Waals surface area (Å²) in [6, 6.07) is 3.92. The molecule has 0 unspecified atom stereocenters. The molecule has 33 heavy (non-hydrogen) atoms. The molecule has 0 spiro atoms. The van der Waals surface area contributed by atoms with Crippen LogP contribution in [0.25, 0.3) is 5.69 Å². The number of hydrogen-bond donors (Lipinski definition) is 1. The summed E-state index contributed by atoms with van der Waals surface area (Å²) in [4.78, 5) is 25.3. The van der Waals surface area contributed by atoms with Gasteiger partial charge in [-0.15, -0.1) is 0 Å². The Morgan fingerprint density at radius 1 is 1.27 bits per heavy atom. The van der Waals surface area contributed by atoms with Crippen molar-refractivity contribution in [1.82, 2.24) is 14.5 Å². The van der Waals surface area contributed by atoms with Crippen LogP contribution in [0.2, 0.25) is 5.02 Å². The Morgan fingerprint density at radius 2 is 2.03 bits per heavy atom. The second kappa shape index (κ2) is 10.2. The molecule has 2 N–H and O–H groups in total. The maximum absolute atomic E-state index is 13.8. The minimum atomic E-state index is -0.861. The van der Waals surface area contributed by atoms with Crippen LogP contribution in [0, 0.1) is 25.5 Å². The molecule has 3 aromatic rings. The van der Waals surface area contributed by atoms with E-state index >= 15 is 0 Å². The summed E-state index contributed by atoms with van der Waals surface area (Å²) in [7, 11) is 0. The van der Waals surface area contributed by atoms with Crippen LogP contribution in [0.15, 0.2) is 65.4 Å². The number of hydrogen-bond acceptors (Lipinski definition) is 6. The summed E-state index contributed by atoms with van der Waals surface area (Å²) < 4.78 is 33.8. The molecule has 0 saturated carbocycles. The molecule has 0 amide bonds. The summed E-state index contributed by atoms with van der Waals surface area (Å²) in [5.41, 5.74) is 7.50. The van der Waals surface area contributed by atoms with Gasteiger partial charge < -0.3 is 10.5 Å². The van der Waals surface area contributed by atoms with Crippen molar-refractivity contribution in [3.05, 3.63) is 105 Å². The van der Waals surface area contributed by atoms with E-state index < -0.39 is 17.2 Å². The second-order valence-electron chi connectivity index (χ2n) is 6.89. The first-order chi connectivity index (χ1) is 15.8. The first-order valence-corrected chi connectivity index (χ1v) is 10.0. The number of aromatic nitrogens is 3. The molecule has 0 aliphatic carbocycles. The zero-order valence-electron chi connectivity index (χ0n) is 17.8. The number of aryl methyl sites for hydroxylation is 2. The fraction of sp³-hybridized carbons (Fsp3) is 0.130. The molecular weight excluding hydrogens is 452 g/mol. The van der Waals surface area contributed by atoms with Gasteiger partial charge in [0.05, 0.1) is 23.3 Å². The molecular formula is C23H20ClF2N5O2. The quantitative estimate of drug-likeness (QED) is 0.522. The van der Waals surface area contributed by atoms with E-state index in [4.69, 9.17) is 22.1 Å². The Balaban J connectivity index is 2.03. The lowest BCUT2D eigenvalue weighted by atomic mass is 10.1. The highest BCUT2D eigenvalue weighted by molar-refractivity contribution is 6.31. The van der Waals surface area contributed by atoms with Gasteiger partial charge in [-0.25, -0.2) is 8.78 Å². The lowest BCUT2D eigenvalue weighted by Gasteiger charge is -2.16. The Morgan fingerprint density at radius 3 is 2.70 bits per heavy atom. The molecule has 0 aromatic carbocycles. The third kappa shape index (κ3) is 5.15. The number of ether oxygens (including phenoxy) is 1. The van der Waals surface area contributed by atoms with Gasteiger partial charge in [0.2, 0.25) is 0 Å². The second-order valence-corrected chi connectivity index (χ2v) is 7.27. The Kier molecular flexibility index (Phi) is 7.34. The van der Waals surface area contributed by atoms with Crippen LogP contribution in [-0.2, 0) is 6.61 Å². The van der Waals surface area contributed by atoms with Crippen LogP contribution < -0.4 is 16.0 Å². The van der Waals surface area contributed by atoms with E-state index in [1.807, 2.05) is 0 Å². The van der Waals surface area contributed by atoms with Gasteiger partial charge >= 0.3 is 0 Å². The molecule has 0 fully saturated rings. The van der Waals surface area contributed by atoms with E-state index in [-0.39, 0.29) is 23.1 Å². The lowest BCUT2D eigenvalue weighted by Crippen LogP contribution is -2.23. The van der Waals surface area contributed by atoms with E-state index in [1.165, 1.54) is 17.0 Å². The third-order valence-electron chi connectivity index (χ3n) is 4.61. The van der Waals surface area contributed by atoms with Gasteiger partial charge in [-0.2, -0.15) is 0 Å². The van der Waals surface area contributed by atoms with Crippen molar-refractivity contribution >= 4 is 17.3 Å². The lowest BCUT2D eigenvalue weighted by molar-refractivity contribution is 0.292. The van der Waals surface area contributed by atoms with Crippen molar-refractivity contribution in [3.8, 4) is 11.4 Å². The normalized spacial score (nSPS) is 11.7. The predicted molar refractivity (Wildman–Crippen MR) is 123 cm³/mol. The van der Waals surface area contributed by atoms with Crippen molar-refractivity contribution in [2.75, 3.05) is 0 Å². The van der Waals surface area contributed by atoms with Crippen LogP contribution >= 0.6 is 11.6 Å². The first kappa shape index (κ1) is 23.8. The van der Waals surface area contributed by atoms with Gasteiger partial charge in [0.25, 0.3) is 5.56 Å². The minimum Gasteiger partial charge on any atom is -0.485 e. The number of rotatable bonds is 7. The molecule has 0 bridgehead atoms. The van der Waals surface area contributed by atoms with Crippen LogP contribution in [0.3, 0.4) is 0 Å². The number of nitrogens with zero attached hydrogens (tertiary/aromatic N) is 4. The standard InChI is InChI=1S/C23H20ClF2N5O2/c1-4-28-17(5-6-27)18-9-20(13(2)10-29-18)31-14(3)7-21(22(24)23(31)32)33-12-19-16(26)8-15(25)11-30-19/h4-11H,1,12,27H2,2-3H3/b6-5-,28-17+. The van der Waals surface area contributed by atoms with Crippen molar-refractivity contribution in [2.24, 2.45) is 10.7 Å². The van der Waals surface area contributed by atoms with Gasteiger partial charge in [-0.1, -0.05) is 18.2 Å². The molecule has 170 valence electrons. The molecule has 0 aliphatic rings. The maximum atomic E-state index is 13.8. The monoisotopic (exact) mass is 471 g/mol. The largest absolute Gasteiger partial charge is 0.485 e. The molecule has 0 atom stereocenters. The maximum Gasteiger partial charge on any atom is 0.277 e. The van der Waals surface area contributed by atoms with Crippen LogP contribution in [0.1, 0.15) is 22.6 Å². The summed E-state index contributed by atoms with van der Waals surface area (Å²) in [5, 5.41) is -0.206. The molecule has 0 radical (unpaired) electrons. The highest BCUT2D eigenvalue weighted by Gasteiger charge is 2.17. The molecule has 0 aliphatic heterocycles. The van der Waals surface area contributed by atoms with Crippen molar-refractivity contribution < 1.29 is 13.5 Å². The number of aliphatic imine (C=N–C) groups is 1. The smallest absolute Gasteiger partial charge is 0.277 e. The number of nitrogens with two attached hydrogens (primary N) is 1. The van der Waals surface area contributed by atoms with E-state index in [0.717, 1.165) is 6.20 Å². The summed E-state index contributed by atoms with van der Waals surface area (Å²) in [6.45, 7) is 6.74. The molecule has 3 heterocycles. The average molecular weight is 472 g/mol. The fourth-order valence-corrected chi connectivity index (χ4v) is 3.25. The first-order valence-electron chi connectivity index (χ1n) is 9.66. The summed E-state index contributed by atoms with van der Waals surface area (Å²) >= 11 is 6.29. The van der Waals surface area contributed by atoms with E-state index in [1.54, 1.807) is 38.3 Å². The number of pyridine rings is 3. The number of halogens is 3. The van der Waals surface area contributed by atoms with Crippen molar-refractivity contribution in [2.45, 2.75) is 20.5 Å². The Bertz CT molecular complexity index is 1340. The predicted octanol–water partition coefficient (Wildman–Crippen LogP) is 4.16. The SMILES string of the molecule is C=C/N=C(\C=C/N)c1cc(-n2c(C)cc(OCc3ncc(F)cc3F)c(Cl)c2=O)c(C)cn1. The van der Waals surface area contributed by atoms with Crippen LogP contribution in [-0.4, -0.2) is 20.2 Å². The fourth-order valence-electron chi connectivity index (χ4n) is 3.06. The molecule has 3 aromatic heterocycles. The molecule has 0 saturated heterocycles. The van der Waals surface area contributed by atoms with Gasteiger partial charge in [0.1, 0.15) is 28.9 Å². The zero-order chi connectivity index (χ0) is 24.1. The molecule has 10 heteroatoms. The molecule has 7 nitrogen and oxygen atoms in total. The average Bonchev–Trinajstić information content (AvgIpc) is 2.77. The topological polar surface area (TPSA) is 95.4 Å².